The standard InChI is InChI=1S/C11H8Cl2N2.C3H7NO2/c1-7-4-11(15-6-14-7)8-2-3-9(12)10(13)5-8;1-4(3-5)6-2/h2-6H,1H3;3H,1-2H3. The Morgan fingerprint density at radius 2 is 1.90 bits per heavy atom. The average molecular weight is 328 g/mol. The average Bonchev–Trinajstić information content (AvgIpc) is 2.50. The third kappa shape index (κ3) is 5.67. The van der Waals surface area contributed by atoms with Crippen LogP contribution in [0.1, 0.15) is 5.69 Å². The second-order valence-corrected chi connectivity index (χ2v) is 4.82. The van der Waals surface area contributed by atoms with E-state index in [1.165, 1.54) is 20.5 Å². The van der Waals surface area contributed by atoms with Crippen LogP contribution in [-0.4, -0.2) is 35.6 Å². The zero-order chi connectivity index (χ0) is 15.8. The van der Waals surface area contributed by atoms with E-state index < -0.39 is 0 Å². The van der Waals surface area contributed by atoms with E-state index in [9.17, 15) is 4.79 Å². The molecular formula is C14H15Cl2N3O2. The highest BCUT2D eigenvalue weighted by Gasteiger charge is 2.03. The maximum absolute atomic E-state index is 9.54. The van der Waals surface area contributed by atoms with Crippen LogP contribution in [-0.2, 0) is 9.63 Å². The molecule has 0 N–H and O–H groups in total. The van der Waals surface area contributed by atoms with Gasteiger partial charge in [0.1, 0.15) is 6.33 Å². The van der Waals surface area contributed by atoms with Gasteiger partial charge in [-0.15, -0.1) is 0 Å². The Balaban J connectivity index is 0.000000315. The first kappa shape index (κ1) is 17.4. The normalized spacial score (nSPS) is 9.57. The van der Waals surface area contributed by atoms with Gasteiger partial charge in [-0.25, -0.2) is 15.0 Å². The second-order valence-electron chi connectivity index (χ2n) is 4.01. The highest BCUT2D eigenvalue weighted by atomic mass is 35.5. The molecule has 0 unspecified atom stereocenters. The lowest BCUT2D eigenvalue weighted by atomic mass is 10.1. The molecule has 1 aromatic heterocycles. The summed E-state index contributed by atoms with van der Waals surface area (Å²) >= 11 is 11.8. The lowest BCUT2D eigenvalue weighted by Crippen LogP contribution is -2.12. The van der Waals surface area contributed by atoms with E-state index in [-0.39, 0.29) is 0 Å². The summed E-state index contributed by atoms with van der Waals surface area (Å²) in [6.45, 7) is 1.92. The largest absolute Gasteiger partial charge is 0.276 e. The van der Waals surface area contributed by atoms with Gasteiger partial charge in [0.15, 0.2) is 0 Å². The molecule has 0 fully saturated rings. The summed E-state index contributed by atoms with van der Waals surface area (Å²) in [6.07, 6.45) is 2.12. The number of amides is 1. The van der Waals surface area contributed by atoms with Crippen LogP contribution in [0, 0.1) is 6.92 Å². The maximum atomic E-state index is 9.54. The summed E-state index contributed by atoms with van der Waals surface area (Å²) in [5.74, 6) is 0. The Hall–Kier alpha value is -1.69. The van der Waals surface area contributed by atoms with E-state index in [2.05, 4.69) is 14.8 Å². The SMILES string of the molecule is CON(C)C=O.Cc1cc(-c2ccc(Cl)c(Cl)c2)ncn1. The third-order valence-electron chi connectivity index (χ3n) is 2.46. The predicted molar refractivity (Wildman–Crippen MR) is 83.1 cm³/mol. The van der Waals surface area contributed by atoms with Crippen molar-refractivity contribution in [1.82, 2.24) is 15.0 Å². The Labute approximate surface area is 133 Å². The fraction of sp³-hybridized carbons (Fsp3) is 0.214. The zero-order valence-electron chi connectivity index (χ0n) is 11.9. The van der Waals surface area contributed by atoms with Gasteiger partial charge in [-0.2, -0.15) is 0 Å². The van der Waals surface area contributed by atoms with Crippen molar-refractivity contribution in [3.63, 3.8) is 0 Å². The van der Waals surface area contributed by atoms with Crippen LogP contribution in [0.2, 0.25) is 10.0 Å². The van der Waals surface area contributed by atoms with Crippen LogP contribution in [0.4, 0.5) is 0 Å². The lowest BCUT2D eigenvalue weighted by molar-refractivity contribution is -0.153. The molecule has 0 aliphatic heterocycles. The number of halogens is 2. The number of aromatic nitrogens is 2. The molecule has 2 rings (SSSR count). The van der Waals surface area contributed by atoms with Crippen molar-refractivity contribution in [2.24, 2.45) is 0 Å². The van der Waals surface area contributed by atoms with Gasteiger partial charge < -0.3 is 0 Å². The summed E-state index contributed by atoms with van der Waals surface area (Å²) in [4.78, 5) is 22.1. The molecule has 112 valence electrons. The first-order chi connectivity index (χ1) is 9.97. The molecule has 0 saturated heterocycles. The number of rotatable bonds is 3. The summed E-state index contributed by atoms with van der Waals surface area (Å²) in [7, 11) is 2.95. The molecule has 5 nitrogen and oxygen atoms in total. The van der Waals surface area contributed by atoms with Gasteiger partial charge in [0.05, 0.1) is 22.8 Å². The van der Waals surface area contributed by atoms with Crippen molar-refractivity contribution < 1.29 is 9.63 Å². The van der Waals surface area contributed by atoms with E-state index in [4.69, 9.17) is 23.2 Å². The van der Waals surface area contributed by atoms with E-state index in [1.807, 2.05) is 19.1 Å². The van der Waals surface area contributed by atoms with Crippen molar-refractivity contribution in [3.05, 3.63) is 46.3 Å². The zero-order valence-corrected chi connectivity index (χ0v) is 13.4. The van der Waals surface area contributed by atoms with E-state index in [0.717, 1.165) is 22.0 Å². The number of hydroxylamine groups is 2. The third-order valence-corrected chi connectivity index (χ3v) is 3.19. The molecule has 0 saturated carbocycles. The molecule has 1 heterocycles. The number of carbonyl (C=O) groups excluding carboxylic acids is 1. The second kappa shape index (κ2) is 8.56. The molecule has 1 aromatic carbocycles. The van der Waals surface area contributed by atoms with Gasteiger partial charge in [-0.05, 0) is 25.1 Å². The fourth-order valence-corrected chi connectivity index (χ4v) is 1.61. The Bertz CT molecular complexity index is 609. The number of nitrogens with zero attached hydrogens (tertiary/aromatic N) is 3. The number of hydrogen-bond donors (Lipinski definition) is 0. The Morgan fingerprint density at radius 1 is 1.19 bits per heavy atom. The monoisotopic (exact) mass is 327 g/mol. The molecular weight excluding hydrogens is 313 g/mol. The molecule has 7 heteroatoms. The van der Waals surface area contributed by atoms with Crippen LogP contribution in [0.5, 0.6) is 0 Å². The van der Waals surface area contributed by atoms with Gasteiger partial charge in [-0.3, -0.25) is 9.63 Å². The lowest BCUT2D eigenvalue weighted by Gasteiger charge is -2.02. The van der Waals surface area contributed by atoms with Gasteiger partial charge in [0.2, 0.25) is 6.41 Å². The van der Waals surface area contributed by atoms with Gasteiger partial charge in [0, 0.05) is 18.3 Å². The molecule has 0 spiro atoms. The first-order valence-corrected chi connectivity index (χ1v) is 6.69. The van der Waals surface area contributed by atoms with Gasteiger partial charge in [0.25, 0.3) is 0 Å². The minimum absolute atomic E-state index is 0.533. The molecule has 0 aliphatic carbocycles. The molecule has 21 heavy (non-hydrogen) atoms. The van der Waals surface area contributed by atoms with E-state index >= 15 is 0 Å². The molecule has 0 bridgehead atoms. The van der Waals surface area contributed by atoms with Crippen molar-refractivity contribution >= 4 is 29.6 Å². The fourth-order valence-electron chi connectivity index (χ4n) is 1.31. The van der Waals surface area contributed by atoms with E-state index in [1.54, 1.807) is 12.1 Å². The minimum Gasteiger partial charge on any atom is -0.276 e. The highest BCUT2D eigenvalue weighted by molar-refractivity contribution is 6.42. The molecule has 0 radical (unpaired) electrons. The van der Waals surface area contributed by atoms with Gasteiger partial charge >= 0.3 is 0 Å². The maximum Gasteiger partial charge on any atom is 0.233 e. The van der Waals surface area contributed by atoms with Crippen LogP contribution in [0.25, 0.3) is 11.3 Å². The van der Waals surface area contributed by atoms with Crippen LogP contribution in [0.3, 0.4) is 0 Å². The van der Waals surface area contributed by atoms with Crippen molar-refractivity contribution in [3.8, 4) is 11.3 Å². The number of carbonyl (C=O) groups is 1. The highest BCUT2D eigenvalue weighted by Crippen LogP contribution is 2.27. The Morgan fingerprint density at radius 3 is 2.38 bits per heavy atom. The number of benzene rings is 1. The molecule has 0 aliphatic rings. The molecule has 1 amide bonds. The molecule has 0 atom stereocenters. The topological polar surface area (TPSA) is 55.3 Å². The summed E-state index contributed by atoms with van der Waals surface area (Å²) < 4.78 is 0. The first-order valence-electron chi connectivity index (χ1n) is 5.94. The Kier molecular flexibility index (Phi) is 7.08. The minimum atomic E-state index is 0.533. The smallest absolute Gasteiger partial charge is 0.233 e. The summed E-state index contributed by atoms with van der Waals surface area (Å²) in [5.41, 5.74) is 2.71. The van der Waals surface area contributed by atoms with Crippen LogP contribution in [0.15, 0.2) is 30.6 Å². The number of hydrogen-bond acceptors (Lipinski definition) is 4. The number of aryl methyl sites for hydroxylation is 1. The van der Waals surface area contributed by atoms with Gasteiger partial charge in [-0.1, -0.05) is 29.3 Å². The molecule has 2 aromatic rings. The predicted octanol–water partition coefficient (Wildman–Crippen LogP) is 3.39. The quantitative estimate of drug-likeness (QED) is 0.640. The van der Waals surface area contributed by atoms with Crippen LogP contribution < -0.4 is 0 Å². The van der Waals surface area contributed by atoms with Crippen molar-refractivity contribution in [1.29, 1.82) is 0 Å². The van der Waals surface area contributed by atoms with Crippen LogP contribution >= 0.6 is 23.2 Å². The summed E-state index contributed by atoms with van der Waals surface area (Å²) in [6, 6.07) is 7.35. The van der Waals surface area contributed by atoms with E-state index in [0.29, 0.717) is 16.5 Å². The summed E-state index contributed by atoms with van der Waals surface area (Å²) in [5, 5.41) is 2.15. The van der Waals surface area contributed by atoms with Crippen molar-refractivity contribution in [2.75, 3.05) is 14.2 Å². The van der Waals surface area contributed by atoms with Crippen molar-refractivity contribution in [2.45, 2.75) is 6.92 Å².